The molecule has 15 heavy (non-hydrogen) atoms. The van der Waals surface area contributed by atoms with Crippen LogP contribution >= 0.6 is 15.9 Å². The summed E-state index contributed by atoms with van der Waals surface area (Å²) in [6.45, 7) is 0. The lowest BCUT2D eigenvalue weighted by molar-refractivity contribution is -0.384. The van der Waals surface area contributed by atoms with Crippen LogP contribution in [-0.4, -0.2) is 10.3 Å². The van der Waals surface area contributed by atoms with E-state index >= 15 is 0 Å². The third-order valence-electron chi connectivity index (χ3n) is 1.90. The van der Waals surface area contributed by atoms with E-state index in [2.05, 4.69) is 15.9 Å². The molecule has 1 aromatic carbocycles. The first-order chi connectivity index (χ1) is 7.24. The predicted molar refractivity (Wildman–Crippen MR) is 65.2 cm³/mol. The second kappa shape index (κ2) is 6.35. The molecule has 0 saturated carbocycles. The Labute approximate surface area is 97.1 Å². The summed E-state index contributed by atoms with van der Waals surface area (Å²) in [5, 5.41) is 11.5. The largest absolute Gasteiger partial charge is 0.270 e. The molecule has 4 heteroatoms. The first-order valence-corrected chi connectivity index (χ1v) is 5.83. The quantitative estimate of drug-likeness (QED) is 0.353. The molecule has 0 unspecified atom stereocenters. The van der Waals surface area contributed by atoms with Gasteiger partial charge in [0.2, 0.25) is 0 Å². The Hall–Kier alpha value is -1.16. The maximum atomic E-state index is 10.5. The fourth-order valence-corrected chi connectivity index (χ4v) is 1.48. The van der Waals surface area contributed by atoms with Crippen molar-refractivity contribution in [3.05, 3.63) is 46.0 Å². The zero-order valence-electron chi connectivity index (χ0n) is 8.23. The molecule has 0 heterocycles. The number of unbranched alkanes of at least 4 members (excludes halogenated alkanes) is 1. The van der Waals surface area contributed by atoms with Crippen LogP contribution in [0.15, 0.2) is 30.3 Å². The van der Waals surface area contributed by atoms with Gasteiger partial charge >= 0.3 is 0 Å². The average molecular weight is 270 g/mol. The van der Waals surface area contributed by atoms with Crippen LogP contribution in [0, 0.1) is 10.1 Å². The monoisotopic (exact) mass is 269 g/mol. The predicted octanol–water partition coefficient (Wildman–Crippen LogP) is 3.78. The third kappa shape index (κ3) is 4.25. The van der Waals surface area contributed by atoms with Gasteiger partial charge in [0, 0.05) is 17.5 Å². The zero-order chi connectivity index (χ0) is 11.1. The summed E-state index contributed by atoms with van der Waals surface area (Å²) in [4.78, 5) is 10.1. The van der Waals surface area contributed by atoms with Gasteiger partial charge in [0.1, 0.15) is 0 Å². The number of halogens is 1. The topological polar surface area (TPSA) is 43.1 Å². The molecule has 80 valence electrons. The minimum Gasteiger partial charge on any atom is -0.258 e. The van der Waals surface area contributed by atoms with Crippen molar-refractivity contribution in [1.82, 2.24) is 0 Å². The van der Waals surface area contributed by atoms with Crippen LogP contribution in [0.5, 0.6) is 0 Å². The molecule has 0 aromatic heterocycles. The number of benzene rings is 1. The number of rotatable bonds is 5. The van der Waals surface area contributed by atoms with Crippen LogP contribution < -0.4 is 0 Å². The maximum Gasteiger partial charge on any atom is 0.270 e. The molecular formula is C11H12BrNO2. The first-order valence-electron chi connectivity index (χ1n) is 4.71. The van der Waals surface area contributed by atoms with Crippen molar-refractivity contribution in [2.75, 3.05) is 5.33 Å². The number of nitro groups is 1. The van der Waals surface area contributed by atoms with E-state index in [0.29, 0.717) is 0 Å². The van der Waals surface area contributed by atoms with Crippen molar-refractivity contribution in [3.8, 4) is 0 Å². The van der Waals surface area contributed by atoms with Crippen molar-refractivity contribution in [3.63, 3.8) is 0 Å². The van der Waals surface area contributed by atoms with Crippen molar-refractivity contribution >= 4 is 27.7 Å². The highest BCUT2D eigenvalue weighted by Gasteiger charge is 2.02. The van der Waals surface area contributed by atoms with Crippen LogP contribution in [0.2, 0.25) is 0 Å². The number of alkyl halides is 1. The molecule has 0 saturated heterocycles. The van der Waals surface area contributed by atoms with E-state index < -0.39 is 0 Å². The Morgan fingerprint density at radius 3 is 2.93 bits per heavy atom. The summed E-state index contributed by atoms with van der Waals surface area (Å²) >= 11 is 3.34. The molecule has 0 spiro atoms. The molecule has 0 atom stereocenters. The van der Waals surface area contributed by atoms with Gasteiger partial charge in [0.05, 0.1) is 4.92 Å². The fourth-order valence-electron chi connectivity index (χ4n) is 1.16. The molecule has 0 N–H and O–H groups in total. The van der Waals surface area contributed by atoms with Gasteiger partial charge in [-0.1, -0.05) is 40.2 Å². The fraction of sp³-hybridized carbons (Fsp3) is 0.273. The summed E-state index contributed by atoms with van der Waals surface area (Å²) in [5.41, 5.74) is 1.01. The van der Waals surface area contributed by atoms with Crippen LogP contribution in [-0.2, 0) is 0 Å². The minimum absolute atomic E-state index is 0.137. The number of non-ortho nitro benzene ring substituents is 1. The number of hydrogen-bond acceptors (Lipinski definition) is 2. The van der Waals surface area contributed by atoms with E-state index in [-0.39, 0.29) is 10.6 Å². The molecule has 0 aliphatic rings. The summed E-state index contributed by atoms with van der Waals surface area (Å²) in [7, 11) is 0. The van der Waals surface area contributed by atoms with Crippen LogP contribution in [0.3, 0.4) is 0 Å². The molecule has 0 fully saturated rings. The summed E-state index contributed by atoms with van der Waals surface area (Å²) in [6.07, 6.45) is 6.00. The molecule has 0 aliphatic heterocycles. The standard InChI is InChI=1S/C11H12BrNO2/c12-8-3-1-2-5-10-6-4-7-11(9-10)13(14)15/h2,4-7,9H,1,3,8H2/b5-2+. The highest BCUT2D eigenvalue weighted by Crippen LogP contribution is 2.14. The van der Waals surface area contributed by atoms with Gasteiger partial charge in [0.15, 0.2) is 0 Å². The maximum absolute atomic E-state index is 10.5. The Kier molecular flexibility index (Phi) is 5.04. The van der Waals surface area contributed by atoms with E-state index in [1.54, 1.807) is 12.1 Å². The van der Waals surface area contributed by atoms with E-state index in [1.807, 2.05) is 18.2 Å². The summed E-state index contributed by atoms with van der Waals surface area (Å²) in [5.74, 6) is 0. The van der Waals surface area contributed by atoms with Crippen LogP contribution in [0.25, 0.3) is 6.08 Å². The van der Waals surface area contributed by atoms with Gasteiger partial charge in [-0.2, -0.15) is 0 Å². The Morgan fingerprint density at radius 2 is 2.27 bits per heavy atom. The van der Waals surface area contributed by atoms with Gasteiger partial charge in [0.25, 0.3) is 5.69 Å². The van der Waals surface area contributed by atoms with Crippen molar-refractivity contribution in [1.29, 1.82) is 0 Å². The van der Waals surface area contributed by atoms with Crippen molar-refractivity contribution in [2.24, 2.45) is 0 Å². The van der Waals surface area contributed by atoms with Crippen LogP contribution in [0.1, 0.15) is 18.4 Å². The van der Waals surface area contributed by atoms with Gasteiger partial charge in [-0.3, -0.25) is 10.1 Å². The van der Waals surface area contributed by atoms with Crippen molar-refractivity contribution < 1.29 is 4.92 Å². The highest BCUT2D eigenvalue weighted by molar-refractivity contribution is 9.09. The second-order valence-electron chi connectivity index (χ2n) is 3.09. The van der Waals surface area contributed by atoms with Crippen LogP contribution in [0.4, 0.5) is 5.69 Å². The smallest absolute Gasteiger partial charge is 0.258 e. The van der Waals surface area contributed by atoms with Gasteiger partial charge < -0.3 is 0 Å². The van der Waals surface area contributed by atoms with E-state index in [4.69, 9.17) is 0 Å². The number of allylic oxidation sites excluding steroid dienone is 1. The lowest BCUT2D eigenvalue weighted by atomic mass is 10.1. The summed E-state index contributed by atoms with van der Waals surface area (Å²) < 4.78 is 0. The third-order valence-corrected chi connectivity index (χ3v) is 2.46. The SMILES string of the molecule is O=[N+]([O-])c1cccc(/C=C/CCCBr)c1. The number of hydrogen-bond donors (Lipinski definition) is 0. The lowest BCUT2D eigenvalue weighted by Gasteiger charge is -1.94. The van der Waals surface area contributed by atoms with Gasteiger partial charge in [-0.15, -0.1) is 0 Å². The second-order valence-corrected chi connectivity index (χ2v) is 3.88. The molecule has 0 aliphatic carbocycles. The minimum atomic E-state index is -0.379. The molecule has 1 aromatic rings. The molecule has 0 radical (unpaired) electrons. The average Bonchev–Trinajstić information content (AvgIpc) is 2.25. The lowest BCUT2D eigenvalue weighted by Crippen LogP contribution is -1.87. The number of nitro benzene ring substituents is 1. The highest BCUT2D eigenvalue weighted by atomic mass is 79.9. The molecular weight excluding hydrogens is 258 g/mol. The van der Waals surface area contributed by atoms with E-state index in [9.17, 15) is 10.1 Å². The number of nitrogens with zero attached hydrogens (tertiary/aromatic N) is 1. The van der Waals surface area contributed by atoms with Crippen molar-refractivity contribution in [2.45, 2.75) is 12.8 Å². The summed E-state index contributed by atoms with van der Waals surface area (Å²) in [6, 6.07) is 6.63. The zero-order valence-corrected chi connectivity index (χ0v) is 9.81. The van der Waals surface area contributed by atoms with Gasteiger partial charge in [-0.05, 0) is 18.4 Å². The molecule has 0 amide bonds. The Bertz CT molecular complexity index is 363. The Balaban J connectivity index is 2.65. The normalized spacial score (nSPS) is 10.7. The molecule has 1 rings (SSSR count). The van der Waals surface area contributed by atoms with E-state index in [1.165, 1.54) is 6.07 Å². The molecule has 0 bridgehead atoms. The Morgan fingerprint density at radius 1 is 1.47 bits per heavy atom. The molecule has 3 nitrogen and oxygen atoms in total. The van der Waals surface area contributed by atoms with Gasteiger partial charge in [-0.25, -0.2) is 0 Å². The first kappa shape index (κ1) is 11.9. The van der Waals surface area contributed by atoms with E-state index in [0.717, 1.165) is 23.7 Å².